The topological polar surface area (TPSA) is 38.8 Å². The third-order valence-corrected chi connectivity index (χ3v) is 3.98. The molecule has 2 aromatic carbocycles. The maximum atomic E-state index is 11.3. The Labute approximate surface area is 141 Å². The molecule has 2 aromatic rings. The molecule has 1 amide bonds. The van der Waals surface area contributed by atoms with Crippen molar-refractivity contribution in [2.24, 2.45) is 0 Å². The summed E-state index contributed by atoms with van der Waals surface area (Å²) in [5.41, 5.74) is 2.02. The number of nitrogens with zero attached hydrogens (tertiary/aromatic N) is 1. The fraction of sp³-hybridized carbons (Fsp3) is 0.278. The molecule has 0 unspecified atom stereocenters. The summed E-state index contributed by atoms with van der Waals surface area (Å²) in [5, 5.41) is 0.672. The zero-order valence-corrected chi connectivity index (χ0v) is 14.0. The molecule has 0 fully saturated rings. The number of benzene rings is 2. The van der Waals surface area contributed by atoms with E-state index in [1.165, 1.54) is 0 Å². The van der Waals surface area contributed by atoms with Gasteiger partial charge in [0.1, 0.15) is 0 Å². The van der Waals surface area contributed by atoms with Gasteiger partial charge in [0.2, 0.25) is 6.41 Å². The van der Waals surface area contributed by atoms with E-state index >= 15 is 0 Å². The fourth-order valence-electron chi connectivity index (χ4n) is 2.32. The highest BCUT2D eigenvalue weighted by molar-refractivity contribution is 6.31. The van der Waals surface area contributed by atoms with Crippen molar-refractivity contribution in [3.8, 4) is 11.5 Å². The molecule has 0 aliphatic rings. The molecular weight excluding hydrogens is 314 g/mol. The first-order valence-corrected chi connectivity index (χ1v) is 7.69. The number of hydrogen-bond donors (Lipinski definition) is 0. The lowest BCUT2D eigenvalue weighted by Gasteiger charge is -2.18. The largest absolute Gasteiger partial charge is 0.493 e. The Kier molecular flexibility index (Phi) is 6.29. The second kappa shape index (κ2) is 8.44. The van der Waals surface area contributed by atoms with E-state index in [-0.39, 0.29) is 0 Å². The lowest BCUT2D eigenvalue weighted by atomic mass is 10.1. The van der Waals surface area contributed by atoms with Gasteiger partial charge in [0, 0.05) is 18.1 Å². The molecule has 0 saturated carbocycles. The number of hydrogen-bond acceptors (Lipinski definition) is 3. The Morgan fingerprint density at radius 3 is 2.48 bits per heavy atom. The van der Waals surface area contributed by atoms with Gasteiger partial charge in [-0.05, 0) is 35.7 Å². The summed E-state index contributed by atoms with van der Waals surface area (Å²) in [6.07, 6.45) is 1.58. The number of methoxy groups -OCH3 is 2. The molecule has 0 radical (unpaired) electrons. The van der Waals surface area contributed by atoms with Crippen LogP contribution in [0, 0.1) is 0 Å². The van der Waals surface area contributed by atoms with E-state index in [9.17, 15) is 4.79 Å². The quantitative estimate of drug-likeness (QED) is 0.693. The second-order valence-corrected chi connectivity index (χ2v) is 5.51. The molecule has 0 atom stereocenters. The number of carbonyl (C=O) groups excluding carboxylic acids is 1. The zero-order valence-electron chi connectivity index (χ0n) is 13.3. The average Bonchev–Trinajstić information content (AvgIpc) is 2.59. The predicted octanol–water partition coefficient (Wildman–Crippen LogP) is 3.56. The SMILES string of the molecule is COc1ccc(CCN(C=O)Cc2ccccc2Cl)cc1OC. The molecule has 0 aliphatic carbocycles. The Morgan fingerprint density at radius 1 is 1.09 bits per heavy atom. The van der Waals surface area contributed by atoms with E-state index in [0.29, 0.717) is 29.6 Å². The van der Waals surface area contributed by atoms with Gasteiger partial charge in [-0.3, -0.25) is 4.79 Å². The van der Waals surface area contributed by atoms with E-state index in [1.54, 1.807) is 19.1 Å². The van der Waals surface area contributed by atoms with Crippen LogP contribution in [0.1, 0.15) is 11.1 Å². The zero-order chi connectivity index (χ0) is 16.7. The van der Waals surface area contributed by atoms with Crippen LogP contribution in [0.2, 0.25) is 5.02 Å². The summed E-state index contributed by atoms with van der Waals surface area (Å²) < 4.78 is 10.5. The monoisotopic (exact) mass is 333 g/mol. The van der Waals surface area contributed by atoms with Crippen LogP contribution >= 0.6 is 11.6 Å². The van der Waals surface area contributed by atoms with Gasteiger partial charge in [-0.15, -0.1) is 0 Å². The summed E-state index contributed by atoms with van der Waals surface area (Å²) in [6, 6.07) is 13.3. The Bertz CT molecular complexity index is 660. The summed E-state index contributed by atoms with van der Waals surface area (Å²) in [5.74, 6) is 1.38. The fourth-order valence-corrected chi connectivity index (χ4v) is 2.52. The van der Waals surface area contributed by atoms with Crippen LogP contribution in [0.3, 0.4) is 0 Å². The van der Waals surface area contributed by atoms with E-state index in [0.717, 1.165) is 24.0 Å². The maximum Gasteiger partial charge on any atom is 0.210 e. The minimum absolute atomic E-state index is 0.496. The van der Waals surface area contributed by atoms with Crippen LogP contribution in [0.25, 0.3) is 0 Å². The number of rotatable bonds is 8. The molecule has 0 heterocycles. The predicted molar refractivity (Wildman–Crippen MR) is 91.2 cm³/mol. The van der Waals surface area contributed by atoms with Gasteiger partial charge in [0.05, 0.1) is 14.2 Å². The molecule has 4 nitrogen and oxygen atoms in total. The molecule has 0 bridgehead atoms. The lowest BCUT2D eigenvalue weighted by Crippen LogP contribution is -2.24. The lowest BCUT2D eigenvalue weighted by molar-refractivity contribution is -0.118. The van der Waals surface area contributed by atoms with Crippen LogP contribution in [-0.4, -0.2) is 32.1 Å². The van der Waals surface area contributed by atoms with Crippen molar-refractivity contribution < 1.29 is 14.3 Å². The third-order valence-electron chi connectivity index (χ3n) is 3.62. The molecule has 0 spiro atoms. The highest BCUT2D eigenvalue weighted by atomic mass is 35.5. The normalized spacial score (nSPS) is 10.2. The minimum Gasteiger partial charge on any atom is -0.493 e. The van der Waals surface area contributed by atoms with Crippen LogP contribution in [0.15, 0.2) is 42.5 Å². The molecule has 5 heteroatoms. The average molecular weight is 334 g/mol. The van der Waals surface area contributed by atoms with Gasteiger partial charge in [0.15, 0.2) is 11.5 Å². The van der Waals surface area contributed by atoms with Crippen molar-refractivity contribution >= 4 is 18.0 Å². The van der Waals surface area contributed by atoms with Crippen LogP contribution in [0.4, 0.5) is 0 Å². The molecule has 23 heavy (non-hydrogen) atoms. The van der Waals surface area contributed by atoms with Crippen LogP contribution < -0.4 is 9.47 Å². The van der Waals surface area contributed by atoms with Crippen molar-refractivity contribution in [1.29, 1.82) is 0 Å². The summed E-state index contributed by atoms with van der Waals surface area (Å²) in [4.78, 5) is 13.0. The summed E-state index contributed by atoms with van der Waals surface area (Å²) >= 11 is 6.14. The Hall–Kier alpha value is -2.20. The van der Waals surface area contributed by atoms with Crippen molar-refractivity contribution in [2.75, 3.05) is 20.8 Å². The van der Waals surface area contributed by atoms with Crippen molar-refractivity contribution in [1.82, 2.24) is 4.90 Å². The van der Waals surface area contributed by atoms with Crippen molar-refractivity contribution in [3.05, 3.63) is 58.6 Å². The second-order valence-electron chi connectivity index (χ2n) is 5.11. The standard InChI is InChI=1S/C18H20ClNO3/c1-22-17-8-7-14(11-18(17)23-2)9-10-20(13-21)12-15-5-3-4-6-16(15)19/h3-8,11,13H,9-10,12H2,1-2H3. The number of halogens is 1. The number of carbonyl (C=O) groups is 1. The molecule has 0 N–H and O–H groups in total. The van der Waals surface area contributed by atoms with Gasteiger partial charge >= 0.3 is 0 Å². The molecule has 2 rings (SSSR count). The molecule has 0 aromatic heterocycles. The third kappa shape index (κ3) is 4.63. The van der Waals surface area contributed by atoms with Crippen LogP contribution in [0.5, 0.6) is 11.5 Å². The van der Waals surface area contributed by atoms with Crippen molar-refractivity contribution in [3.63, 3.8) is 0 Å². The number of amides is 1. The van der Waals surface area contributed by atoms with Gasteiger partial charge < -0.3 is 14.4 Å². The van der Waals surface area contributed by atoms with E-state index < -0.39 is 0 Å². The summed E-state index contributed by atoms with van der Waals surface area (Å²) in [7, 11) is 3.21. The van der Waals surface area contributed by atoms with Gasteiger partial charge in [-0.25, -0.2) is 0 Å². The number of ether oxygens (including phenoxy) is 2. The maximum absolute atomic E-state index is 11.3. The Balaban J connectivity index is 2.00. The smallest absolute Gasteiger partial charge is 0.210 e. The highest BCUT2D eigenvalue weighted by Gasteiger charge is 2.08. The first-order chi connectivity index (χ1) is 11.2. The first kappa shape index (κ1) is 17.2. The molecule has 122 valence electrons. The van der Waals surface area contributed by atoms with E-state index in [2.05, 4.69) is 0 Å². The molecular formula is C18H20ClNO3. The molecule has 0 aliphatic heterocycles. The van der Waals surface area contributed by atoms with Gasteiger partial charge in [-0.2, -0.15) is 0 Å². The highest BCUT2D eigenvalue weighted by Crippen LogP contribution is 2.27. The van der Waals surface area contributed by atoms with Gasteiger partial charge in [0.25, 0.3) is 0 Å². The van der Waals surface area contributed by atoms with Crippen molar-refractivity contribution in [2.45, 2.75) is 13.0 Å². The minimum atomic E-state index is 0.496. The van der Waals surface area contributed by atoms with Gasteiger partial charge in [-0.1, -0.05) is 35.9 Å². The summed E-state index contributed by atoms with van der Waals surface area (Å²) in [6.45, 7) is 1.10. The van der Waals surface area contributed by atoms with E-state index in [4.69, 9.17) is 21.1 Å². The molecule has 0 saturated heterocycles. The Morgan fingerprint density at radius 2 is 1.83 bits per heavy atom. The first-order valence-electron chi connectivity index (χ1n) is 7.31. The van der Waals surface area contributed by atoms with E-state index in [1.807, 2.05) is 42.5 Å². The van der Waals surface area contributed by atoms with Crippen LogP contribution in [-0.2, 0) is 17.8 Å².